The first-order valence-electron chi connectivity index (χ1n) is 29.9. The van der Waals surface area contributed by atoms with E-state index in [9.17, 15) is 0 Å². The Morgan fingerprint density at radius 1 is 0.148 bits per heavy atom. The quantitative estimate of drug-likeness (QED) is 0.146. The zero-order valence-electron chi connectivity index (χ0n) is 46.8. The number of nitrogens with zero attached hydrogens (tertiary/aromatic N) is 6. The molecule has 5 heterocycles. The summed E-state index contributed by atoms with van der Waals surface area (Å²) in [6.07, 6.45) is 0. The average Bonchev–Trinajstić information content (AvgIpc) is 1.51. The van der Waals surface area contributed by atoms with Crippen LogP contribution < -0.4 is 0 Å². The molecular weight excluding hydrogens is 1070 g/mol. The third kappa shape index (κ3) is 6.21. The highest BCUT2D eigenvalue weighted by atomic mass is 15.1. The number of hydrogen-bond donors (Lipinski definition) is 2. The largest absolute Gasteiger partial charge is 0.324 e. The van der Waals surface area contributed by atoms with Crippen LogP contribution in [0.4, 0.5) is 0 Å². The van der Waals surface area contributed by atoms with Gasteiger partial charge in [0.2, 0.25) is 0 Å². The molecule has 2 aliphatic heterocycles. The van der Waals surface area contributed by atoms with Gasteiger partial charge in [-0.2, -0.15) is 0 Å². The van der Waals surface area contributed by atoms with Gasteiger partial charge in [-0.15, -0.1) is 0 Å². The Hall–Kier alpha value is -12.0. The molecule has 21 rings (SSSR count). The predicted octanol–water partition coefficient (Wildman–Crippen LogP) is 20.7. The van der Waals surface area contributed by atoms with Crippen LogP contribution in [0.1, 0.15) is 0 Å². The molecule has 0 fully saturated rings. The molecule has 8 heteroatoms. The van der Waals surface area contributed by atoms with Gasteiger partial charge in [0.15, 0.2) is 23.3 Å². The molecule has 0 unspecified atom stereocenters. The fourth-order valence-corrected chi connectivity index (χ4v) is 15.4. The number of hydrogen-bond acceptors (Lipinski definition) is 6. The average molecular weight is 1120 g/mol. The molecule has 88 heavy (non-hydrogen) atoms. The van der Waals surface area contributed by atoms with Crippen molar-refractivity contribution in [2.45, 2.75) is 0 Å². The second kappa shape index (κ2) is 16.9. The number of benzene rings is 16. The highest BCUT2D eigenvalue weighted by Crippen LogP contribution is 2.47. The summed E-state index contributed by atoms with van der Waals surface area (Å²) in [5, 5.41) is 31.5. The lowest BCUT2D eigenvalue weighted by molar-refractivity contribution is 1.19. The minimum atomic E-state index is 0.548. The number of rotatable bonds is 0. The maximum Gasteiger partial charge on any atom is 0.164 e. The third-order valence-electron chi connectivity index (χ3n) is 19.3. The molecule has 0 radical (unpaired) electrons. The van der Waals surface area contributed by atoms with Crippen LogP contribution in [-0.2, 0) is 0 Å². The molecule has 8 bridgehead atoms. The first kappa shape index (κ1) is 46.4. The van der Waals surface area contributed by atoms with E-state index in [1.165, 1.54) is 64.6 Å². The Bertz CT molecular complexity index is 5900. The molecule has 8 nitrogen and oxygen atoms in total. The standard InChI is InChI=1S/C80H42N8/c1-9-25-49-41(17-1)42-18-2-10-26-50(42)58-34-66-65(33-57(49)58)73-81-74(66)86-76-69-37-61-53-29-13-5-21-45(53)46-22-6-14-30-54(46)62(61)38-70(69)78(83-76)88-80-72-40-64-56-32-16-8-24-48(56)47-23-7-15-31-55(47)63(64)39-71(72)79(84-80)87-77-68-36-60-52-28-12-4-20-44(52)43-19-3-11-27-51(43)59(60)35-67(68)75(82-77)85-73/h1-40H,(H2,81,82,83,84,85,86,87,88). The van der Waals surface area contributed by atoms with Gasteiger partial charge in [-0.05, 0) is 178 Å². The van der Waals surface area contributed by atoms with Crippen molar-refractivity contribution in [2.24, 2.45) is 0 Å². The van der Waals surface area contributed by atoms with Crippen molar-refractivity contribution >= 4 is 173 Å². The predicted molar refractivity (Wildman–Crippen MR) is 366 cm³/mol. The molecule has 3 aromatic heterocycles. The van der Waals surface area contributed by atoms with E-state index in [1.54, 1.807) is 0 Å². The summed E-state index contributed by atoms with van der Waals surface area (Å²) in [5.41, 5.74) is 6.09. The van der Waals surface area contributed by atoms with E-state index in [1.807, 2.05) is 0 Å². The molecule has 2 aliphatic rings. The normalized spacial score (nSPS) is 12.5. The summed E-state index contributed by atoms with van der Waals surface area (Å²) in [4.78, 5) is 41.7. The fourth-order valence-electron chi connectivity index (χ4n) is 15.4. The fraction of sp³-hybridized carbons (Fsp3) is 0. The molecule has 0 aliphatic carbocycles. The SMILES string of the molecule is c1ccc2c(c1)c1ccccc1c1cc3c(cc21)-c1nc-3nc2[nH]c(nc3nc(nc4[nH]c(n1)c1cc5c6ccccc6c6ccccc6c5cc41)-c1cc4c5ccccc5c5ccccc5c4cc1-3)c1cc3c4ccccc4c4ccccc4c3cc21. The van der Waals surface area contributed by atoms with Gasteiger partial charge >= 0.3 is 0 Å². The van der Waals surface area contributed by atoms with E-state index in [-0.39, 0.29) is 0 Å². The van der Waals surface area contributed by atoms with Crippen molar-refractivity contribution in [3.05, 3.63) is 243 Å². The van der Waals surface area contributed by atoms with Crippen LogP contribution in [0.5, 0.6) is 0 Å². The van der Waals surface area contributed by atoms with Gasteiger partial charge in [-0.1, -0.05) is 194 Å². The highest BCUT2D eigenvalue weighted by Gasteiger charge is 2.27. The Morgan fingerprint density at radius 3 is 0.466 bits per heavy atom. The highest BCUT2D eigenvalue weighted by molar-refractivity contribution is 6.32. The Labute approximate surface area is 498 Å². The Balaban J connectivity index is 0.969. The molecule has 402 valence electrons. The second-order valence-electron chi connectivity index (χ2n) is 23.7. The molecule has 2 N–H and O–H groups in total. The maximum atomic E-state index is 5.72. The van der Waals surface area contributed by atoms with E-state index >= 15 is 0 Å². The molecule has 0 saturated heterocycles. The van der Waals surface area contributed by atoms with Crippen molar-refractivity contribution in [3.63, 3.8) is 0 Å². The first-order valence-corrected chi connectivity index (χ1v) is 29.9. The molecule has 0 spiro atoms. The lowest BCUT2D eigenvalue weighted by Gasteiger charge is -2.12. The molecule has 0 amide bonds. The molecular formula is C80H42N8. The molecule has 0 atom stereocenters. The number of nitrogens with one attached hydrogen (secondary N) is 2. The van der Waals surface area contributed by atoms with Crippen LogP contribution in [0.15, 0.2) is 243 Å². The summed E-state index contributed by atoms with van der Waals surface area (Å²) in [6, 6.07) is 88.1. The maximum absolute atomic E-state index is 5.72. The first-order chi connectivity index (χ1) is 43.6. The van der Waals surface area contributed by atoms with E-state index in [2.05, 4.69) is 253 Å². The van der Waals surface area contributed by atoms with Gasteiger partial charge in [0.25, 0.3) is 0 Å². The summed E-state index contributed by atoms with van der Waals surface area (Å²) in [5.74, 6) is 2.19. The van der Waals surface area contributed by atoms with Crippen LogP contribution in [0, 0.1) is 0 Å². The second-order valence-corrected chi connectivity index (χ2v) is 23.7. The minimum absolute atomic E-state index is 0.548. The van der Waals surface area contributed by atoms with Gasteiger partial charge in [-0.25, -0.2) is 29.9 Å². The van der Waals surface area contributed by atoms with Crippen molar-refractivity contribution in [1.82, 2.24) is 39.9 Å². The van der Waals surface area contributed by atoms with Gasteiger partial charge in [0.05, 0.1) is 0 Å². The smallest absolute Gasteiger partial charge is 0.164 e. The summed E-state index contributed by atoms with van der Waals surface area (Å²) < 4.78 is 0. The van der Waals surface area contributed by atoms with Gasteiger partial charge in [0.1, 0.15) is 22.6 Å². The van der Waals surface area contributed by atoms with E-state index < -0.39 is 0 Å². The Morgan fingerprint density at radius 2 is 0.295 bits per heavy atom. The minimum Gasteiger partial charge on any atom is -0.324 e. The number of fused-ring (bicyclic) bond motifs is 44. The number of aromatic amines is 2. The van der Waals surface area contributed by atoms with Crippen LogP contribution in [0.2, 0.25) is 0 Å². The van der Waals surface area contributed by atoms with Crippen molar-refractivity contribution < 1.29 is 0 Å². The zero-order chi connectivity index (χ0) is 57.0. The lowest BCUT2D eigenvalue weighted by Crippen LogP contribution is -1.88. The number of aromatic nitrogens is 8. The molecule has 0 saturated carbocycles. The van der Waals surface area contributed by atoms with E-state index in [0.29, 0.717) is 45.9 Å². The van der Waals surface area contributed by atoms with Gasteiger partial charge < -0.3 is 9.97 Å². The van der Waals surface area contributed by atoms with Crippen molar-refractivity contribution in [1.29, 1.82) is 0 Å². The van der Waals surface area contributed by atoms with Crippen LogP contribution in [0.3, 0.4) is 0 Å². The van der Waals surface area contributed by atoms with Crippen LogP contribution in [-0.4, -0.2) is 39.9 Å². The lowest BCUT2D eigenvalue weighted by atomic mass is 9.91. The summed E-state index contributed by atoms with van der Waals surface area (Å²) in [7, 11) is 0. The Kier molecular flexibility index (Phi) is 8.90. The number of H-pyrrole nitrogens is 2. The van der Waals surface area contributed by atoms with Gasteiger partial charge in [-0.3, -0.25) is 0 Å². The van der Waals surface area contributed by atoms with E-state index in [4.69, 9.17) is 29.9 Å². The molecule has 16 aromatic carbocycles. The van der Waals surface area contributed by atoms with Crippen LogP contribution in [0.25, 0.3) is 219 Å². The van der Waals surface area contributed by atoms with E-state index in [0.717, 1.165) is 108 Å². The molecule has 19 aromatic rings. The summed E-state index contributed by atoms with van der Waals surface area (Å²) in [6.45, 7) is 0. The van der Waals surface area contributed by atoms with Crippen LogP contribution >= 0.6 is 0 Å². The van der Waals surface area contributed by atoms with Crippen molar-refractivity contribution in [2.75, 3.05) is 0 Å². The zero-order valence-corrected chi connectivity index (χ0v) is 46.8. The van der Waals surface area contributed by atoms with Crippen molar-refractivity contribution in [3.8, 4) is 45.6 Å². The topological polar surface area (TPSA) is 109 Å². The summed E-state index contributed by atoms with van der Waals surface area (Å²) >= 11 is 0. The van der Waals surface area contributed by atoms with Gasteiger partial charge in [0, 0.05) is 43.8 Å². The monoisotopic (exact) mass is 1110 g/mol. The third-order valence-corrected chi connectivity index (χ3v) is 19.3.